The number of carbonyl (C=O) groups excluding carboxylic acids is 1. The summed E-state index contributed by atoms with van der Waals surface area (Å²) in [6.45, 7) is 3.18. The lowest BCUT2D eigenvalue weighted by molar-refractivity contribution is 0.0955. The van der Waals surface area contributed by atoms with Gasteiger partial charge in [-0.3, -0.25) is 9.48 Å². The molecule has 3 N–H and O–H groups in total. The fraction of sp³-hybridized carbons (Fsp3) is 0.444. The highest BCUT2D eigenvalue weighted by Gasteiger charge is 2.36. The Labute approximate surface area is 141 Å². The van der Waals surface area contributed by atoms with Crippen molar-refractivity contribution in [2.45, 2.75) is 18.8 Å². The molecule has 0 atom stereocenters. The van der Waals surface area contributed by atoms with Crippen LogP contribution in [0.4, 0.5) is 5.69 Å². The van der Waals surface area contributed by atoms with Gasteiger partial charge in [0.2, 0.25) is 0 Å². The van der Waals surface area contributed by atoms with E-state index in [1.807, 2.05) is 36.0 Å². The Morgan fingerprint density at radius 2 is 2.00 bits per heavy atom. The second kappa shape index (κ2) is 5.94. The Kier molecular flexibility index (Phi) is 3.76. The van der Waals surface area contributed by atoms with Crippen LogP contribution < -0.4 is 16.0 Å². The quantitative estimate of drug-likeness (QED) is 0.892. The normalized spacial score (nSPS) is 16.3. The topological polar surface area (TPSA) is 76.2 Å². The second-order valence-corrected chi connectivity index (χ2v) is 6.59. The summed E-state index contributed by atoms with van der Waals surface area (Å²) >= 11 is 0. The van der Waals surface area contributed by atoms with Gasteiger partial charge in [-0.15, -0.1) is 0 Å². The van der Waals surface area contributed by atoms with Gasteiger partial charge in [0, 0.05) is 50.3 Å². The molecule has 0 aliphatic carbocycles. The van der Waals surface area contributed by atoms with Crippen LogP contribution in [0.15, 0.2) is 24.3 Å². The standard InChI is InChI=1S/C18H23N5O/c1-22-16(17-15(21-22)12-6-10-23(17)11-7-12)13-2-4-14(5-3-13)18(24)20-9-8-19/h2-5,12H,6-11,19H2,1H3,(H,20,24). The van der Waals surface area contributed by atoms with E-state index in [2.05, 4.69) is 10.2 Å². The van der Waals surface area contributed by atoms with E-state index in [1.54, 1.807) is 0 Å². The maximum absolute atomic E-state index is 12.0. The first-order chi connectivity index (χ1) is 11.7. The van der Waals surface area contributed by atoms with E-state index in [0.717, 1.165) is 24.3 Å². The van der Waals surface area contributed by atoms with E-state index < -0.39 is 0 Å². The lowest BCUT2D eigenvalue weighted by Crippen LogP contribution is -2.38. The highest BCUT2D eigenvalue weighted by Crippen LogP contribution is 2.46. The van der Waals surface area contributed by atoms with Gasteiger partial charge >= 0.3 is 0 Å². The monoisotopic (exact) mass is 325 g/mol. The van der Waals surface area contributed by atoms with Gasteiger partial charge in [0.15, 0.2) is 0 Å². The molecule has 6 nitrogen and oxygen atoms in total. The number of fused-ring (bicyclic) bond motifs is 2. The number of anilines is 1. The molecule has 2 aromatic rings. The molecule has 24 heavy (non-hydrogen) atoms. The number of nitrogens with zero attached hydrogens (tertiary/aromatic N) is 3. The first-order valence-electron chi connectivity index (χ1n) is 8.59. The Morgan fingerprint density at radius 1 is 1.29 bits per heavy atom. The van der Waals surface area contributed by atoms with Gasteiger partial charge in [-0.25, -0.2) is 0 Å². The van der Waals surface area contributed by atoms with Gasteiger partial charge in [0.1, 0.15) is 0 Å². The predicted molar refractivity (Wildman–Crippen MR) is 94.2 cm³/mol. The molecule has 1 amide bonds. The average Bonchev–Trinajstić information content (AvgIpc) is 2.99. The number of hydrogen-bond acceptors (Lipinski definition) is 4. The van der Waals surface area contributed by atoms with Gasteiger partial charge in [0.05, 0.1) is 17.1 Å². The third-order valence-electron chi connectivity index (χ3n) is 5.10. The molecule has 0 saturated carbocycles. The first kappa shape index (κ1) is 15.2. The molecule has 5 rings (SSSR count). The molecule has 0 spiro atoms. The van der Waals surface area contributed by atoms with Crippen molar-refractivity contribution in [1.82, 2.24) is 15.1 Å². The summed E-state index contributed by atoms with van der Waals surface area (Å²) in [4.78, 5) is 14.5. The van der Waals surface area contributed by atoms with E-state index in [4.69, 9.17) is 10.8 Å². The maximum atomic E-state index is 12.0. The third-order valence-corrected chi connectivity index (χ3v) is 5.10. The first-order valence-corrected chi connectivity index (χ1v) is 8.59. The fourth-order valence-corrected chi connectivity index (χ4v) is 3.89. The molecule has 3 aliphatic heterocycles. The molecule has 0 unspecified atom stereocenters. The zero-order valence-electron chi connectivity index (χ0n) is 14.0. The Balaban J connectivity index is 1.67. The number of benzene rings is 1. The molecule has 1 saturated heterocycles. The van der Waals surface area contributed by atoms with Crippen LogP contribution in [0.1, 0.15) is 34.8 Å². The zero-order chi connectivity index (χ0) is 16.7. The van der Waals surface area contributed by atoms with Gasteiger partial charge < -0.3 is 16.0 Å². The van der Waals surface area contributed by atoms with Crippen molar-refractivity contribution in [1.29, 1.82) is 0 Å². The van der Waals surface area contributed by atoms with Crippen LogP contribution in [0.3, 0.4) is 0 Å². The molecular formula is C18H23N5O. The summed E-state index contributed by atoms with van der Waals surface area (Å²) in [5.74, 6) is 0.521. The summed E-state index contributed by atoms with van der Waals surface area (Å²) in [6, 6.07) is 7.77. The van der Waals surface area contributed by atoms with E-state index in [0.29, 0.717) is 24.6 Å². The number of piperidine rings is 1. The third kappa shape index (κ3) is 2.38. The smallest absolute Gasteiger partial charge is 0.251 e. The van der Waals surface area contributed by atoms with Crippen molar-refractivity contribution in [3.8, 4) is 11.3 Å². The van der Waals surface area contributed by atoms with Crippen molar-refractivity contribution in [3.63, 3.8) is 0 Å². The number of rotatable bonds is 4. The molecule has 1 aromatic carbocycles. The van der Waals surface area contributed by atoms with E-state index in [1.165, 1.54) is 24.2 Å². The van der Waals surface area contributed by atoms with Crippen molar-refractivity contribution in [3.05, 3.63) is 35.5 Å². The van der Waals surface area contributed by atoms with Gasteiger partial charge in [0.25, 0.3) is 5.91 Å². The number of carbonyl (C=O) groups is 1. The highest BCUT2D eigenvalue weighted by molar-refractivity contribution is 5.95. The lowest BCUT2D eigenvalue weighted by Gasteiger charge is -2.39. The molecular weight excluding hydrogens is 302 g/mol. The van der Waals surface area contributed by atoms with Crippen LogP contribution >= 0.6 is 0 Å². The fourth-order valence-electron chi connectivity index (χ4n) is 3.89. The van der Waals surface area contributed by atoms with Gasteiger partial charge in [-0.2, -0.15) is 5.10 Å². The number of aryl methyl sites for hydroxylation is 1. The highest BCUT2D eigenvalue weighted by atomic mass is 16.1. The summed E-state index contributed by atoms with van der Waals surface area (Å²) in [5, 5.41) is 7.59. The van der Waals surface area contributed by atoms with E-state index in [9.17, 15) is 4.79 Å². The summed E-state index contributed by atoms with van der Waals surface area (Å²) in [7, 11) is 2.01. The number of nitrogens with one attached hydrogen (secondary N) is 1. The van der Waals surface area contributed by atoms with Crippen molar-refractivity contribution in [2.24, 2.45) is 12.8 Å². The maximum Gasteiger partial charge on any atom is 0.251 e. The van der Waals surface area contributed by atoms with Crippen LogP contribution in [-0.4, -0.2) is 41.9 Å². The van der Waals surface area contributed by atoms with Crippen LogP contribution in [-0.2, 0) is 7.05 Å². The van der Waals surface area contributed by atoms with Crippen LogP contribution in [0.2, 0.25) is 0 Å². The molecule has 4 heterocycles. The average molecular weight is 325 g/mol. The number of aromatic nitrogens is 2. The van der Waals surface area contributed by atoms with Crippen LogP contribution in [0.25, 0.3) is 11.3 Å². The molecule has 3 aliphatic rings. The summed E-state index contributed by atoms with van der Waals surface area (Å²) in [6.07, 6.45) is 2.42. The molecule has 1 aromatic heterocycles. The van der Waals surface area contributed by atoms with Crippen LogP contribution in [0, 0.1) is 0 Å². The minimum atomic E-state index is -0.0816. The van der Waals surface area contributed by atoms with E-state index in [-0.39, 0.29) is 5.91 Å². The number of amides is 1. The van der Waals surface area contributed by atoms with Gasteiger partial charge in [-0.05, 0) is 25.0 Å². The largest absolute Gasteiger partial charge is 0.368 e. The number of hydrogen-bond donors (Lipinski definition) is 2. The predicted octanol–water partition coefficient (Wildman–Crippen LogP) is 1.47. The Hall–Kier alpha value is -2.34. The summed E-state index contributed by atoms with van der Waals surface area (Å²) < 4.78 is 1.99. The molecule has 1 fully saturated rings. The molecule has 2 bridgehead atoms. The molecule has 0 radical (unpaired) electrons. The van der Waals surface area contributed by atoms with Crippen LogP contribution in [0.5, 0.6) is 0 Å². The Bertz CT molecular complexity index is 756. The molecule has 126 valence electrons. The SMILES string of the molecule is Cn1nc2c(c1-c1ccc(C(=O)NCCN)cc1)N1CCC2CC1. The lowest BCUT2D eigenvalue weighted by atomic mass is 9.86. The van der Waals surface area contributed by atoms with Crippen molar-refractivity contribution >= 4 is 11.6 Å². The second-order valence-electron chi connectivity index (χ2n) is 6.59. The van der Waals surface area contributed by atoms with E-state index >= 15 is 0 Å². The van der Waals surface area contributed by atoms with Gasteiger partial charge in [-0.1, -0.05) is 12.1 Å². The van der Waals surface area contributed by atoms with Crippen molar-refractivity contribution < 1.29 is 4.79 Å². The zero-order valence-corrected chi connectivity index (χ0v) is 14.0. The Morgan fingerprint density at radius 3 is 2.67 bits per heavy atom. The minimum absolute atomic E-state index is 0.0816. The summed E-state index contributed by atoms with van der Waals surface area (Å²) in [5.41, 5.74) is 10.9. The van der Waals surface area contributed by atoms with Crippen molar-refractivity contribution in [2.75, 3.05) is 31.1 Å². The molecule has 6 heteroatoms. The minimum Gasteiger partial charge on any atom is -0.368 e. The number of nitrogens with two attached hydrogens (primary N) is 1.